The quantitative estimate of drug-likeness (QED) is 0.507. The number of hydrogen-bond acceptors (Lipinski definition) is 9. The van der Waals surface area contributed by atoms with Crippen molar-refractivity contribution in [1.82, 2.24) is 19.9 Å². The van der Waals surface area contributed by atoms with Crippen molar-refractivity contribution >= 4 is 40.2 Å². The number of methoxy groups -OCH3 is 2. The Kier molecular flexibility index (Phi) is 6.97. The van der Waals surface area contributed by atoms with Gasteiger partial charge in [0.1, 0.15) is 23.3 Å². The van der Waals surface area contributed by atoms with E-state index in [0.717, 1.165) is 59.2 Å². The standard InChI is InChI=1S/C28H31ClN8O2/c1-30-18-8-10-36(11-9-18)20-6-4-19(5-7-20)33-28-31-15-17-12-23(27-35-32-16-37(27)26(17)34-28)22-13-21(38-2)14-24(39-3)25(22)29/h4-7,12,14,16,18,30H,8-11,13,15H2,1-3H3,(H,31,33). The van der Waals surface area contributed by atoms with Crippen LogP contribution in [0.25, 0.3) is 11.2 Å². The first kappa shape index (κ1) is 25.4. The highest BCUT2D eigenvalue weighted by molar-refractivity contribution is 6.36. The van der Waals surface area contributed by atoms with E-state index in [1.807, 2.05) is 17.5 Å². The summed E-state index contributed by atoms with van der Waals surface area (Å²) in [6.07, 6.45) is 6.30. The van der Waals surface area contributed by atoms with Gasteiger partial charge in [0.05, 0.1) is 25.8 Å². The summed E-state index contributed by atoms with van der Waals surface area (Å²) in [5, 5.41) is 16.7. The second-order valence-corrected chi connectivity index (χ2v) is 10.1. The SMILES string of the molecule is CNC1CCN(c2ccc(NC3=NCc4cc(=C5CC(OC)=CC(OC)=C5Cl)c5nncn5c4=N3)cc2)CC1. The zero-order valence-electron chi connectivity index (χ0n) is 22.2. The van der Waals surface area contributed by atoms with Gasteiger partial charge in [-0.25, -0.2) is 4.99 Å². The Bertz CT molecular complexity index is 1620. The molecule has 0 spiro atoms. The van der Waals surface area contributed by atoms with E-state index in [4.69, 9.17) is 31.1 Å². The Morgan fingerprint density at radius 3 is 2.59 bits per heavy atom. The number of aromatic nitrogens is 3. The van der Waals surface area contributed by atoms with Gasteiger partial charge in [0.15, 0.2) is 5.65 Å². The number of nitrogens with one attached hydrogen (secondary N) is 2. The van der Waals surface area contributed by atoms with Crippen LogP contribution < -0.4 is 26.2 Å². The minimum Gasteiger partial charge on any atom is -0.501 e. The molecule has 1 fully saturated rings. The maximum absolute atomic E-state index is 6.74. The normalized spacial score (nSPS) is 19.3. The number of hydrogen-bond donors (Lipinski definition) is 2. The van der Waals surface area contributed by atoms with Crippen LogP contribution in [0.3, 0.4) is 0 Å². The predicted molar refractivity (Wildman–Crippen MR) is 152 cm³/mol. The topological polar surface area (TPSA) is 101 Å². The van der Waals surface area contributed by atoms with Gasteiger partial charge in [-0.2, -0.15) is 4.99 Å². The third-order valence-electron chi connectivity index (χ3n) is 7.56. The molecule has 2 aromatic heterocycles. The molecule has 39 heavy (non-hydrogen) atoms. The van der Waals surface area contributed by atoms with Crippen LogP contribution in [0.1, 0.15) is 24.8 Å². The van der Waals surface area contributed by atoms with Crippen LogP contribution in [0.5, 0.6) is 0 Å². The zero-order chi connectivity index (χ0) is 26.9. The minimum absolute atomic E-state index is 0.458. The molecule has 0 bridgehead atoms. The summed E-state index contributed by atoms with van der Waals surface area (Å²) < 4.78 is 12.9. The fraction of sp³-hybridized carbons (Fsp3) is 0.357. The second-order valence-electron chi connectivity index (χ2n) is 9.76. The number of pyridine rings is 1. The third kappa shape index (κ3) is 4.86. The van der Waals surface area contributed by atoms with Crippen molar-refractivity contribution in [2.24, 2.45) is 9.98 Å². The van der Waals surface area contributed by atoms with Gasteiger partial charge in [0.2, 0.25) is 5.96 Å². The van der Waals surface area contributed by atoms with Crippen molar-refractivity contribution in [2.75, 3.05) is 44.6 Å². The predicted octanol–water partition coefficient (Wildman–Crippen LogP) is 2.70. The fourth-order valence-corrected chi connectivity index (χ4v) is 5.62. The molecule has 4 heterocycles. The van der Waals surface area contributed by atoms with E-state index < -0.39 is 0 Å². The largest absolute Gasteiger partial charge is 0.501 e. The highest BCUT2D eigenvalue weighted by atomic mass is 35.5. The van der Waals surface area contributed by atoms with E-state index in [1.54, 1.807) is 26.6 Å². The lowest BCUT2D eigenvalue weighted by atomic mass is 10.0. The summed E-state index contributed by atoms with van der Waals surface area (Å²) in [5.74, 6) is 1.85. The van der Waals surface area contributed by atoms with Crippen LogP contribution in [0.15, 0.2) is 69.3 Å². The second kappa shape index (κ2) is 10.7. The zero-order valence-corrected chi connectivity index (χ0v) is 23.0. The molecule has 0 unspecified atom stereocenters. The smallest absolute Gasteiger partial charge is 0.224 e. The Labute approximate surface area is 231 Å². The first-order chi connectivity index (χ1) is 19.1. The summed E-state index contributed by atoms with van der Waals surface area (Å²) in [7, 11) is 5.27. The Hall–Kier alpha value is -3.89. The maximum Gasteiger partial charge on any atom is 0.224 e. The van der Waals surface area contributed by atoms with Gasteiger partial charge in [0.25, 0.3) is 0 Å². The number of halogens is 1. The molecule has 2 N–H and O–H groups in total. The molecular formula is C28H31ClN8O2. The molecule has 0 atom stereocenters. The van der Waals surface area contributed by atoms with Crippen molar-refractivity contribution in [1.29, 1.82) is 0 Å². The molecule has 1 aliphatic carbocycles. The summed E-state index contributed by atoms with van der Waals surface area (Å²) in [6.45, 7) is 2.58. The lowest BCUT2D eigenvalue weighted by Gasteiger charge is -2.33. The summed E-state index contributed by atoms with van der Waals surface area (Å²) in [6, 6.07) is 11.1. The van der Waals surface area contributed by atoms with E-state index in [-0.39, 0.29) is 0 Å². The molecular weight excluding hydrogens is 516 g/mol. The highest BCUT2D eigenvalue weighted by Crippen LogP contribution is 2.33. The number of rotatable bonds is 5. The molecule has 1 aromatic carbocycles. The third-order valence-corrected chi connectivity index (χ3v) is 7.97. The Balaban J connectivity index is 1.29. The van der Waals surface area contributed by atoms with Gasteiger partial charge in [-0.3, -0.25) is 4.40 Å². The van der Waals surface area contributed by atoms with E-state index in [9.17, 15) is 0 Å². The van der Waals surface area contributed by atoms with Gasteiger partial charge in [-0.05, 0) is 55.8 Å². The molecule has 1 saturated heterocycles. The van der Waals surface area contributed by atoms with Gasteiger partial charge in [-0.15, -0.1) is 10.2 Å². The highest BCUT2D eigenvalue weighted by Gasteiger charge is 2.22. The molecule has 10 nitrogen and oxygen atoms in total. The maximum atomic E-state index is 6.74. The summed E-state index contributed by atoms with van der Waals surface area (Å²) in [5.41, 5.74) is 5.38. The number of fused-ring (bicyclic) bond motifs is 3. The van der Waals surface area contributed by atoms with Crippen LogP contribution in [-0.4, -0.2) is 61.0 Å². The molecule has 0 saturated carbocycles. The van der Waals surface area contributed by atoms with Crippen molar-refractivity contribution in [3.05, 3.63) is 75.6 Å². The van der Waals surface area contributed by atoms with Gasteiger partial charge in [-0.1, -0.05) is 11.6 Å². The first-order valence-corrected chi connectivity index (χ1v) is 13.4. The average molecular weight is 547 g/mol. The first-order valence-electron chi connectivity index (χ1n) is 13.0. The number of benzene rings is 1. The van der Waals surface area contributed by atoms with Crippen LogP contribution in [-0.2, 0) is 16.0 Å². The molecule has 3 aliphatic rings. The van der Waals surface area contributed by atoms with Crippen molar-refractivity contribution < 1.29 is 9.47 Å². The molecule has 202 valence electrons. The minimum atomic E-state index is 0.458. The lowest BCUT2D eigenvalue weighted by Crippen LogP contribution is -2.41. The Morgan fingerprint density at radius 2 is 1.87 bits per heavy atom. The van der Waals surface area contributed by atoms with Gasteiger partial charge in [0, 0.05) is 53.8 Å². The number of piperidine rings is 1. The van der Waals surface area contributed by atoms with E-state index in [2.05, 4.69) is 50.0 Å². The molecule has 11 heteroatoms. The van der Waals surface area contributed by atoms with Crippen molar-refractivity contribution in [3.63, 3.8) is 0 Å². The monoisotopic (exact) mass is 546 g/mol. The number of nitrogens with zero attached hydrogens (tertiary/aromatic N) is 6. The molecule has 0 amide bonds. The summed E-state index contributed by atoms with van der Waals surface area (Å²) >= 11 is 6.74. The van der Waals surface area contributed by atoms with E-state index >= 15 is 0 Å². The number of allylic oxidation sites excluding steroid dienone is 3. The van der Waals surface area contributed by atoms with Crippen LogP contribution >= 0.6 is 11.6 Å². The molecule has 0 radical (unpaired) electrons. The number of guanidine groups is 1. The Morgan fingerprint density at radius 1 is 1.08 bits per heavy atom. The van der Waals surface area contributed by atoms with Crippen LogP contribution in [0.2, 0.25) is 0 Å². The van der Waals surface area contributed by atoms with Crippen LogP contribution in [0, 0.1) is 0 Å². The molecule has 6 rings (SSSR count). The van der Waals surface area contributed by atoms with Gasteiger partial charge < -0.3 is 25.0 Å². The number of aliphatic imine (C=N–C) groups is 1. The average Bonchev–Trinajstić information content (AvgIpc) is 3.48. The molecule has 2 aliphatic heterocycles. The lowest BCUT2D eigenvalue weighted by molar-refractivity contribution is 0.267. The fourth-order valence-electron chi connectivity index (χ4n) is 5.32. The van der Waals surface area contributed by atoms with Crippen molar-refractivity contribution in [3.8, 4) is 0 Å². The van der Waals surface area contributed by atoms with E-state index in [1.165, 1.54) is 5.69 Å². The van der Waals surface area contributed by atoms with Gasteiger partial charge >= 0.3 is 0 Å². The van der Waals surface area contributed by atoms with E-state index in [0.29, 0.717) is 41.4 Å². The number of ether oxygens (including phenoxy) is 2. The van der Waals surface area contributed by atoms with Crippen molar-refractivity contribution in [2.45, 2.75) is 31.8 Å². The van der Waals surface area contributed by atoms with Crippen LogP contribution in [0.4, 0.5) is 11.4 Å². The molecule has 3 aromatic rings. The number of anilines is 2. The summed E-state index contributed by atoms with van der Waals surface area (Å²) in [4.78, 5) is 12.0.